The lowest BCUT2D eigenvalue weighted by molar-refractivity contribution is -0.141. The zero-order valence-electron chi connectivity index (χ0n) is 12.8. The molecule has 128 valence electrons. The van der Waals surface area contributed by atoms with E-state index in [-0.39, 0.29) is 17.2 Å². The Labute approximate surface area is 146 Å². The molecule has 0 saturated heterocycles. The number of thiazole rings is 1. The van der Waals surface area contributed by atoms with Crippen LogP contribution in [-0.4, -0.2) is 38.2 Å². The van der Waals surface area contributed by atoms with Crippen molar-refractivity contribution in [1.29, 1.82) is 0 Å². The molecule has 1 unspecified atom stereocenters. The van der Waals surface area contributed by atoms with Gasteiger partial charge in [-0.3, -0.25) is 14.0 Å². The maximum Gasteiger partial charge on any atom is 0.326 e. The maximum atomic E-state index is 11.9. The third-order valence-corrected chi connectivity index (χ3v) is 5.46. The summed E-state index contributed by atoms with van der Waals surface area (Å²) >= 11 is 2.69. The van der Waals surface area contributed by atoms with Gasteiger partial charge in [-0.05, 0) is 12.3 Å². The number of nitrogens with zero attached hydrogens (tertiary/aromatic N) is 2. The monoisotopic (exact) mass is 367 g/mol. The SMILES string of the molecule is O=C(CSCc1cc(=O)n2ccsc2n1)NC(CC1CC1)C(=O)O. The normalized spacial score (nSPS) is 15.3. The van der Waals surface area contributed by atoms with E-state index >= 15 is 0 Å². The largest absolute Gasteiger partial charge is 0.480 e. The number of fused-ring (bicyclic) bond motifs is 1. The number of carbonyl (C=O) groups excluding carboxylic acids is 1. The number of hydrogen-bond acceptors (Lipinski definition) is 6. The zero-order valence-corrected chi connectivity index (χ0v) is 14.4. The topological polar surface area (TPSA) is 101 Å². The number of aromatic nitrogens is 2. The van der Waals surface area contributed by atoms with E-state index in [1.807, 2.05) is 0 Å². The highest BCUT2D eigenvalue weighted by Gasteiger charge is 2.30. The highest BCUT2D eigenvalue weighted by atomic mass is 32.2. The second kappa shape index (κ2) is 7.35. The first kappa shape index (κ1) is 17.0. The van der Waals surface area contributed by atoms with Crippen LogP contribution < -0.4 is 10.9 Å². The summed E-state index contributed by atoms with van der Waals surface area (Å²) < 4.78 is 1.47. The molecule has 1 fully saturated rings. The van der Waals surface area contributed by atoms with Gasteiger partial charge in [-0.25, -0.2) is 9.78 Å². The van der Waals surface area contributed by atoms with Crippen LogP contribution in [0.15, 0.2) is 22.4 Å². The van der Waals surface area contributed by atoms with E-state index in [9.17, 15) is 14.4 Å². The molecule has 7 nitrogen and oxygen atoms in total. The summed E-state index contributed by atoms with van der Waals surface area (Å²) in [7, 11) is 0. The number of carboxylic acids is 1. The van der Waals surface area contributed by atoms with Crippen LogP contribution in [0.25, 0.3) is 4.96 Å². The third-order valence-electron chi connectivity index (χ3n) is 3.74. The molecule has 1 aliphatic rings. The van der Waals surface area contributed by atoms with Crippen LogP contribution in [0.2, 0.25) is 0 Å². The summed E-state index contributed by atoms with van der Waals surface area (Å²) in [5, 5.41) is 13.5. The molecule has 0 spiro atoms. The van der Waals surface area contributed by atoms with Crippen LogP contribution in [0.3, 0.4) is 0 Å². The summed E-state index contributed by atoms with van der Waals surface area (Å²) in [5.74, 6) is -0.300. The van der Waals surface area contributed by atoms with Gasteiger partial charge in [0.1, 0.15) is 6.04 Å². The van der Waals surface area contributed by atoms with Crippen molar-refractivity contribution in [3.63, 3.8) is 0 Å². The highest BCUT2D eigenvalue weighted by Crippen LogP contribution is 2.33. The second-order valence-corrected chi connectivity index (χ2v) is 7.63. The summed E-state index contributed by atoms with van der Waals surface area (Å²) in [6.45, 7) is 0. The Bertz CT molecular complexity index is 812. The first-order chi connectivity index (χ1) is 11.5. The number of carbonyl (C=O) groups is 2. The van der Waals surface area contributed by atoms with Crippen LogP contribution in [0.4, 0.5) is 0 Å². The highest BCUT2D eigenvalue weighted by molar-refractivity contribution is 7.99. The summed E-state index contributed by atoms with van der Waals surface area (Å²) in [6, 6.07) is 0.647. The molecule has 2 aromatic rings. The number of rotatable bonds is 8. The molecular formula is C15H17N3O4S2. The number of aliphatic carboxylic acids is 1. The van der Waals surface area contributed by atoms with Gasteiger partial charge in [-0.1, -0.05) is 12.8 Å². The van der Waals surface area contributed by atoms with Crippen molar-refractivity contribution in [3.8, 4) is 0 Å². The molecule has 0 bridgehead atoms. The standard InChI is InChI=1S/C15H17N3O4S2/c19-12(17-11(14(21)22)5-9-1-2-9)8-23-7-10-6-13(20)18-3-4-24-15(18)16-10/h3-4,6,9,11H,1-2,5,7-8H2,(H,17,19)(H,21,22). The smallest absolute Gasteiger partial charge is 0.326 e. The van der Waals surface area contributed by atoms with E-state index in [4.69, 9.17) is 5.11 Å². The molecule has 9 heteroatoms. The number of hydrogen-bond donors (Lipinski definition) is 2. The van der Waals surface area contributed by atoms with Crippen molar-refractivity contribution in [3.05, 3.63) is 33.7 Å². The van der Waals surface area contributed by atoms with E-state index in [1.165, 1.54) is 33.6 Å². The fourth-order valence-electron chi connectivity index (χ4n) is 2.35. The molecule has 3 rings (SSSR count). The second-order valence-electron chi connectivity index (χ2n) is 5.77. The van der Waals surface area contributed by atoms with E-state index in [1.54, 1.807) is 11.6 Å². The van der Waals surface area contributed by atoms with Gasteiger partial charge in [-0.15, -0.1) is 23.1 Å². The van der Waals surface area contributed by atoms with Crippen LogP contribution in [0.1, 0.15) is 25.0 Å². The van der Waals surface area contributed by atoms with Gasteiger partial charge in [0.2, 0.25) is 5.91 Å². The molecule has 0 aliphatic heterocycles. The molecule has 2 aromatic heterocycles. The minimum atomic E-state index is -0.988. The minimum Gasteiger partial charge on any atom is -0.480 e. The van der Waals surface area contributed by atoms with Gasteiger partial charge in [-0.2, -0.15) is 0 Å². The number of thioether (sulfide) groups is 1. The van der Waals surface area contributed by atoms with Crippen LogP contribution in [-0.2, 0) is 15.3 Å². The Kier molecular flexibility index (Phi) is 5.20. The molecule has 24 heavy (non-hydrogen) atoms. The van der Waals surface area contributed by atoms with E-state index in [0.29, 0.717) is 28.7 Å². The Morgan fingerprint density at radius 2 is 2.29 bits per heavy atom. The number of nitrogens with one attached hydrogen (secondary N) is 1. The molecule has 1 amide bonds. The molecule has 1 saturated carbocycles. The molecule has 0 aromatic carbocycles. The Morgan fingerprint density at radius 1 is 1.50 bits per heavy atom. The molecule has 2 N–H and O–H groups in total. The Balaban J connectivity index is 1.50. The quantitative estimate of drug-likeness (QED) is 0.731. The predicted octanol–water partition coefficient (Wildman–Crippen LogP) is 1.36. The van der Waals surface area contributed by atoms with E-state index in [2.05, 4.69) is 10.3 Å². The van der Waals surface area contributed by atoms with Crippen LogP contribution in [0, 0.1) is 5.92 Å². The molecule has 1 atom stereocenters. The summed E-state index contributed by atoms with van der Waals surface area (Å²) in [5.41, 5.74) is 0.477. The predicted molar refractivity (Wildman–Crippen MR) is 92.4 cm³/mol. The Hall–Kier alpha value is -1.87. The molecule has 2 heterocycles. The summed E-state index contributed by atoms with van der Waals surface area (Å²) in [4.78, 5) is 39.9. The van der Waals surface area contributed by atoms with Gasteiger partial charge in [0, 0.05) is 23.4 Å². The van der Waals surface area contributed by atoms with E-state index < -0.39 is 12.0 Å². The lowest BCUT2D eigenvalue weighted by atomic mass is 10.1. The van der Waals surface area contributed by atoms with Crippen LogP contribution >= 0.6 is 23.1 Å². The van der Waals surface area contributed by atoms with Gasteiger partial charge in [0.05, 0.1) is 11.4 Å². The third kappa shape index (κ3) is 4.35. The lowest BCUT2D eigenvalue weighted by Crippen LogP contribution is -2.42. The first-order valence-electron chi connectivity index (χ1n) is 7.58. The number of carboxylic acid groups (broad SMARTS) is 1. The zero-order chi connectivity index (χ0) is 17.1. The molecule has 0 radical (unpaired) electrons. The van der Waals surface area contributed by atoms with Crippen molar-refractivity contribution in [2.24, 2.45) is 5.92 Å². The van der Waals surface area contributed by atoms with Crippen molar-refractivity contribution in [2.45, 2.75) is 31.1 Å². The maximum absolute atomic E-state index is 11.9. The van der Waals surface area contributed by atoms with Crippen molar-refractivity contribution >= 4 is 39.9 Å². The van der Waals surface area contributed by atoms with Crippen LogP contribution in [0.5, 0.6) is 0 Å². The van der Waals surface area contributed by atoms with Gasteiger partial charge < -0.3 is 10.4 Å². The van der Waals surface area contributed by atoms with Crippen molar-refractivity contribution in [2.75, 3.05) is 5.75 Å². The Morgan fingerprint density at radius 3 is 3.00 bits per heavy atom. The van der Waals surface area contributed by atoms with Crippen molar-refractivity contribution < 1.29 is 14.7 Å². The van der Waals surface area contributed by atoms with Gasteiger partial charge in [0.25, 0.3) is 5.56 Å². The summed E-state index contributed by atoms with van der Waals surface area (Å²) in [6.07, 6.45) is 4.26. The minimum absolute atomic E-state index is 0.139. The number of amides is 1. The van der Waals surface area contributed by atoms with E-state index in [0.717, 1.165) is 12.8 Å². The van der Waals surface area contributed by atoms with Gasteiger partial charge in [0.15, 0.2) is 4.96 Å². The first-order valence-corrected chi connectivity index (χ1v) is 9.62. The fraction of sp³-hybridized carbons (Fsp3) is 0.467. The average molecular weight is 367 g/mol. The average Bonchev–Trinajstić information content (AvgIpc) is 3.21. The molecular weight excluding hydrogens is 350 g/mol. The lowest BCUT2D eigenvalue weighted by Gasteiger charge is -2.13. The van der Waals surface area contributed by atoms with Crippen molar-refractivity contribution in [1.82, 2.24) is 14.7 Å². The van der Waals surface area contributed by atoms with Gasteiger partial charge >= 0.3 is 5.97 Å². The fourth-order valence-corrected chi connectivity index (χ4v) is 3.82. The molecule has 1 aliphatic carbocycles.